The molecule has 0 spiro atoms. The second kappa shape index (κ2) is 4.14. The third-order valence-corrected chi connectivity index (χ3v) is 3.38. The van der Waals surface area contributed by atoms with Crippen molar-refractivity contribution in [2.45, 2.75) is 6.42 Å². The highest BCUT2D eigenvalue weighted by Crippen LogP contribution is 2.20. The van der Waals surface area contributed by atoms with Gasteiger partial charge < -0.3 is 5.73 Å². The van der Waals surface area contributed by atoms with Crippen molar-refractivity contribution in [2.75, 3.05) is 5.73 Å². The largest absolute Gasteiger partial charge is 0.375 e. The quantitative estimate of drug-likeness (QED) is 0.750. The van der Waals surface area contributed by atoms with E-state index < -0.39 is 0 Å². The second-order valence-corrected chi connectivity index (χ2v) is 4.74. The van der Waals surface area contributed by atoms with Crippen molar-refractivity contribution in [3.8, 4) is 0 Å². The highest BCUT2D eigenvalue weighted by molar-refractivity contribution is 7.13. The summed E-state index contributed by atoms with van der Waals surface area (Å²) in [6.45, 7) is 0. The zero-order valence-electron chi connectivity index (χ0n) is 9.13. The van der Waals surface area contributed by atoms with Gasteiger partial charge in [0.1, 0.15) is 0 Å². The number of fused-ring (bicyclic) bond motifs is 1. The highest BCUT2D eigenvalue weighted by Gasteiger charge is 2.05. The molecule has 0 saturated carbocycles. The molecule has 2 aromatic heterocycles. The maximum absolute atomic E-state index is 5.64. The molecule has 0 aliphatic heterocycles. The van der Waals surface area contributed by atoms with Crippen LogP contribution in [0.5, 0.6) is 0 Å². The van der Waals surface area contributed by atoms with E-state index in [4.69, 9.17) is 5.73 Å². The summed E-state index contributed by atoms with van der Waals surface area (Å²) in [6.07, 6.45) is 2.60. The number of benzene rings is 1. The predicted octanol–water partition coefficient (Wildman–Crippen LogP) is 2.86. The fraction of sp³-hybridized carbons (Fsp3) is 0.0769. The van der Waals surface area contributed by atoms with E-state index in [-0.39, 0.29) is 0 Å². The van der Waals surface area contributed by atoms with Crippen molar-refractivity contribution in [2.24, 2.45) is 0 Å². The van der Waals surface area contributed by atoms with Gasteiger partial charge in [-0.25, -0.2) is 4.98 Å². The van der Waals surface area contributed by atoms with E-state index in [2.05, 4.69) is 34.2 Å². The van der Waals surface area contributed by atoms with Crippen LogP contribution in [0.3, 0.4) is 0 Å². The molecule has 0 unspecified atom stereocenters. The number of nitrogens with zero attached hydrogens (tertiary/aromatic N) is 2. The molecular formula is C13H11N3S. The first-order chi connectivity index (χ1) is 8.33. The number of hydrogen-bond donors (Lipinski definition) is 1. The minimum Gasteiger partial charge on any atom is -0.375 e. The van der Waals surface area contributed by atoms with Crippen molar-refractivity contribution in [1.29, 1.82) is 0 Å². The minimum atomic E-state index is 0.619. The first kappa shape index (κ1) is 10.2. The van der Waals surface area contributed by atoms with Crippen molar-refractivity contribution in [3.63, 3.8) is 0 Å². The summed E-state index contributed by atoms with van der Waals surface area (Å²) in [7, 11) is 0. The van der Waals surface area contributed by atoms with Crippen molar-refractivity contribution < 1.29 is 0 Å². The van der Waals surface area contributed by atoms with E-state index in [1.54, 1.807) is 0 Å². The highest BCUT2D eigenvalue weighted by atomic mass is 32.1. The van der Waals surface area contributed by atoms with Gasteiger partial charge in [-0.1, -0.05) is 24.3 Å². The first-order valence-electron chi connectivity index (χ1n) is 5.35. The van der Waals surface area contributed by atoms with Crippen molar-refractivity contribution in [1.82, 2.24) is 9.97 Å². The molecular weight excluding hydrogens is 230 g/mol. The SMILES string of the molecule is Nc1nc(Cc2cccc3cccnc23)cs1. The zero-order chi connectivity index (χ0) is 11.7. The summed E-state index contributed by atoms with van der Waals surface area (Å²) in [5, 5.41) is 3.78. The molecule has 3 aromatic rings. The lowest BCUT2D eigenvalue weighted by atomic mass is 10.1. The number of thiazole rings is 1. The number of rotatable bonds is 2. The summed E-state index contributed by atoms with van der Waals surface area (Å²) in [5.74, 6) is 0. The molecule has 0 atom stereocenters. The number of nitrogen functional groups attached to an aromatic ring is 1. The average molecular weight is 241 g/mol. The maximum atomic E-state index is 5.64. The molecule has 0 aliphatic carbocycles. The monoisotopic (exact) mass is 241 g/mol. The van der Waals surface area contributed by atoms with Crippen LogP contribution in [0.2, 0.25) is 0 Å². The summed E-state index contributed by atoms with van der Waals surface area (Å²) in [5.41, 5.74) is 8.87. The van der Waals surface area contributed by atoms with Gasteiger partial charge in [0.05, 0.1) is 11.2 Å². The molecule has 2 N–H and O–H groups in total. The Balaban J connectivity index is 2.05. The first-order valence-corrected chi connectivity index (χ1v) is 6.23. The summed E-state index contributed by atoms with van der Waals surface area (Å²) < 4.78 is 0. The molecule has 3 rings (SSSR count). The average Bonchev–Trinajstić information content (AvgIpc) is 2.75. The van der Waals surface area contributed by atoms with Crippen LogP contribution >= 0.6 is 11.3 Å². The van der Waals surface area contributed by atoms with Crippen LogP contribution < -0.4 is 5.73 Å². The Morgan fingerprint density at radius 1 is 1.18 bits per heavy atom. The number of hydrogen-bond acceptors (Lipinski definition) is 4. The van der Waals surface area contributed by atoms with Crippen LogP contribution in [-0.2, 0) is 6.42 Å². The Kier molecular flexibility index (Phi) is 2.49. The molecule has 0 saturated heterocycles. The van der Waals surface area contributed by atoms with Gasteiger partial charge in [-0.2, -0.15) is 0 Å². The molecule has 3 nitrogen and oxygen atoms in total. The van der Waals surface area contributed by atoms with Crippen LogP contribution in [0.4, 0.5) is 5.13 Å². The summed E-state index contributed by atoms with van der Waals surface area (Å²) in [6, 6.07) is 10.2. The van der Waals surface area contributed by atoms with Gasteiger partial charge in [-0.3, -0.25) is 4.98 Å². The summed E-state index contributed by atoms with van der Waals surface area (Å²) in [4.78, 5) is 8.71. The predicted molar refractivity (Wildman–Crippen MR) is 71.1 cm³/mol. The smallest absolute Gasteiger partial charge is 0.180 e. The molecule has 0 bridgehead atoms. The minimum absolute atomic E-state index is 0.619. The molecule has 4 heteroatoms. The number of pyridine rings is 1. The van der Waals surface area contributed by atoms with Crippen LogP contribution in [0.15, 0.2) is 41.9 Å². The van der Waals surface area contributed by atoms with Crippen LogP contribution in [-0.4, -0.2) is 9.97 Å². The molecule has 84 valence electrons. The molecule has 0 fully saturated rings. The van der Waals surface area contributed by atoms with Crippen molar-refractivity contribution >= 4 is 27.4 Å². The zero-order valence-corrected chi connectivity index (χ0v) is 9.95. The molecule has 1 aromatic carbocycles. The topological polar surface area (TPSA) is 51.8 Å². The third kappa shape index (κ3) is 1.99. The van der Waals surface area contributed by atoms with E-state index in [9.17, 15) is 0 Å². The molecule has 0 aliphatic rings. The Hall–Kier alpha value is -1.94. The van der Waals surface area contributed by atoms with Gasteiger partial charge in [0, 0.05) is 23.4 Å². The lowest BCUT2D eigenvalue weighted by molar-refractivity contribution is 1.11. The standard InChI is InChI=1S/C13H11N3S/c14-13-16-11(8-17-13)7-10-4-1-3-9-5-2-6-15-12(9)10/h1-6,8H,7H2,(H2,14,16). The number of nitrogens with two attached hydrogens (primary N) is 1. The Morgan fingerprint density at radius 3 is 2.88 bits per heavy atom. The fourth-order valence-electron chi connectivity index (χ4n) is 1.91. The third-order valence-electron chi connectivity index (χ3n) is 2.66. The van der Waals surface area contributed by atoms with E-state index in [0.717, 1.165) is 23.0 Å². The number of anilines is 1. The lowest BCUT2D eigenvalue weighted by Crippen LogP contribution is -1.92. The van der Waals surface area contributed by atoms with Gasteiger partial charge in [-0.05, 0) is 11.6 Å². The Bertz CT molecular complexity index is 655. The van der Waals surface area contributed by atoms with Gasteiger partial charge in [0.25, 0.3) is 0 Å². The lowest BCUT2D eigenvalue weighted by Gasteiger charge is -2.03. The molecule has 0 radical (unpaired) electrons. The molecule has 2 heterocycles. The van der Waals surface area contributed by atoms with E-state index in [1.165, 1.54) is 16.9 Å². The normalized spacial score (nSPS) is 10.8. The van der Waals surface area contributed by atoms with Crippen molar-refractivity contribution in [3.05, 3.63) is 53.2 Å². The van der Waals surface area contributed by atoms with Gasteiger partial charge >= 0.3 is 0 Å². The molecule has 0 amide bonds. The van der Waals surface area contributed by atoms with Crippen LogP contribution in [0.25, 0.3) is 10.9 Å². The summed E-state index contributed by atoms with van der Waals surface area (Å²) >= 11 is 1.48. The van der Waals surface area contributed by atoms with Gasteiger partial charge in [-0.15, -0.1) is 11.3 Å². The maximum Gasteiger partial charge on any atom is 0.180 e. The Labute approximate surface area is 103 Å². The van der Waals surface area contributed by atoms with Gasteiger partial charge in [0.15, 0.2) is 5.13 Å². The Morgan fingerprint density at radius 2 is 2.06 bits per heavy atom. The van der Waals surface area contributed by atoms with E-state index in [1.807, 2.05) is 17.6 Å². The fourth-order valence-corrected chi connectivity index (χ4v) is 2.47. The van der Waals surface area contributed by atoms with Crippen LogP contribution in [0, 0.1) is 0 Å². The van der Waals surface area contributed by atoms with Crippen LogP contribution in [0.1, 0.15) is 11.3 Å². The van der Waals surface area contributed by atoms with Gasteiger partial charge in [0.2, 0.25) is 0 Å². The van der Waals surface area contributed by atoms with E-state index >= 15 is 0 Å². The molecule has 17 heavy (non-hydrogen) atoms. The van der Waals surface area contributed by atoms with E-state index in [0.29, 0.717) is 5.13 Å². The number of para-hydroxylation sites is 1. The number of aromatic nitrogens is 2. The second-order valence-electron chi connectivity index (χ2n) is 3.85.